The van der Waals surface area contributed by atoms with Crippen molar-refractivity contribution in [3.8, 4) is 0 Å². The van der Waals surface area contributed by atoms with Crippen LogP contribution in [0, 0.1) is 16.0 Å². The van der Waals surface area contributed by atoms with Gasteiger partial charge in [-0.05, 0) is 24.8 Å². The molecule has 0 bridgehead atoms. The van der Waals surface area contributed by atoms with Gasteiger partial charge in [-0.2, -0.15) is 4.98 Å². The summed E-state index contributed by atoms with van der Waals surface area (Å²) in [4.78, 5) is 27.1. The average molecular weight is 365 g/mol. The molecule has 1 aliphatic rings. The Kier molecular flexibility index (Phi) is 4.71. The number of nitrogens with one attached hydrogen (secondary N) is 1. The number of hydrogen-bond acceptors (Lipinski definition) is 6. The summed E-state index contributed by atoms with van der Waals surface area (Å²) < 4.78 is 5.31. The zero-order chi connectivity index (χ0) is 18.1. The van der Waals surface area contributed by atoms with Crippen molar-refractivity contribution in [2.75, 3.05) is 0 Å². The second-order valence-corrected chi connectivity index (χ2v) is 6.79. The molecular formula is C16H17ClN4O4. The van der Waals surface area contributed by atoms with Crippen LogP contribution in [0.25, 0.3) is 0 Å². The smallest absolute Gasteiger partial charge is 0.270 e. The lowest BCUT2D eigenvalue weighted by Gasteiger charge is -2.18. The number of nitro benzene ring substituents is 1. The zero-order valence-corrected chi connectivity index (χ0v) is 14.5. The first kappa shape index (κ1) is 17.3. The quantitative estimate of drug-likeness (QED) is 0.618. The summed E-state index contributed by atoms with van der Waals surface area (Å²) >= 11 is 6.01. The normalized spacial score (nSPS) is 15.2. The van der Waals surface area contributed by atoms with E-state index in [1.807, 2.05) is 13.8 Å². The van der Waals surface area contributed by atoms with E-state index in [1.54, 1.807) is 0 Å². The maximum absolute atomic E-state index is 12.5. The molecule has 0 saturated heterocycles. The molecule has 2 aromatic rings. The third-order valence-corrected chi connectivity index (χ3v) is 4.34. The van der Waals surface area contributed by atoms with E-state index >= 15 is 0 Å². The van der Waals surface area contributed by atoms with Gasteiger partial charge < -0.3 is 9.84 Å². The predicted octanol–water partition coefficient (Wildman–Crippen LogP) is 3.64. The summed E-state index contributed by atoms with van der Waals surface area (Å²) in [7, 11) is 0. The van der Waals surface area contributed by atoms with Crippen LogP contribution >= 0.6 is 11.6 Å². The number of hydrogen-bond donors (Lipinski definition) is 1. The van der Waals surface area contributed by atoms with Crippen LogP contribution < -0.4 is 5.32 Å². The van der Waals surface area contributed by atoms with Crippen molar-refractivity contribution in [1.82, 2.24) is 15.5 Å². The minimum absolute atomic E-state index is 0.00766. The predicted molar refractivity (Wildman–Crippen MR) is 89.4 cm³/mol. The summed E-state index contributed by atoms with van der Waals surface area (Å²) in [5.41, 5.74) is -0.0206. The van der Waals surface area contributed by atoms with Gasteiger partial charge in [-0.15, -0.1) is 0 Å². The van der Waals surface area contributed by atoms with Crippen LogP contribution in [0.4, 0.5) is 5.69 Å². The van der Waals surface area contributed by atoms with Crippen molar-refractivity contribution in [3.63, 3.8) is 0 Å². The Morgan fingerprint density at radius 3 is 2.72 bits per heavy atom. The molecule has 132 valence electrons. The monoisotopic (exact) mass is 364 g/mol. The number of carbonyl (C=O) groups is 1. The van der Waals surface area contributed by atoms with Gasteiger partial charge in [-0.3, -0.25) is 14.9 Å². The Labute approximate surface area is 148 Å². The third kappa shape index (κ3) is 3.79. The van der Waals surface area contributed by atoms with E-state index in [-0.39, 0.29) is 22.2 Å². The standard InChI is InChI=1S/C16H17ClN4O4/c1-8(2)13(16-19-14(20-25-16)9-3-4-9)18-15(22)11-6-5-10(21(23)24)7-12(11)17/h5-9,13H,3-4H2,1-2H3,(H,18,22). The number of benzene rings is 1. The minimum atomic E-state index is -0.567. The number of aromatic nitrogens is 2. The largest absolute Gasteiger partial charge is 0.340 e. The number of halogens is 1. The lowest BCUT2D eigenvalue weighted by molar-refractivity contribution is -0.384. The number of carbonyl (C=O) groups excluding carboxylic acids is 1. The highest BCUT2D eigenvalue weighted by Crippen LogP contribution is 2.38. The average Bonchev–Trinajstić information content (AvgIpc) is 3.30. The summed E-state index contributed by atoms with van der Waals surface area (Å²) in [6.45, 7) is 3.84. The highest BCUT2D eigenvalue weighted by atomic mass is 35.5. The van der Waals surface area contributed by atoms with Crippen LogP contribution in [-0.2, 0) is 0 Å². The fourth-order valence-electron chi connectivity index (χ4n) is 2.42. The molecule has 1 aromatic carbocycles. The topological polar surface area (TPSA) is 111 Å². The number of amides is 1. The van der Waals surface area contributed by atoms with Gasteiger partial charge in [0.25, 0.3) is 11.6 Å². The first-order valence-corrected chi connectivity index (χ1v) is 8.33. The van der Waals surface area contributed by atoms with Crippen molar-refractivity contribution in [2.24, 2.45) is 5.92 Å². The molecule has 1 aromatic heterocycles. The van der Waals surface area contributed by atoms with E-state index < -0.39 is 16.9 Å². The van der Waals surface area contributed by atoms with Crippen LogP contribution in [0.2, 0.25) is 5.02 Å². The molecule has 1 fully saturated rings. The molecule has 1 heterocycles. The maximum atomic E-state index is 12.5. The highest BCUT2D eigenvalue weighted by Gasteiger charge is 2.32. The Morgan fingerprint density at radius 1 is 1.44 bits per heavy atom. The minimum Gasteiger partial charge on any atom is -0.340 e. The van der Waals surface area contributed by atoms with Gasteiger partial charge in [0.05, 0.1) is 15.5 Å². The molecule has 8 nitrogen and oxygen atoms in total. The number of nitrogens with zero attached hydrogens (tertiary/aromatic N) is 3. The summed E-state index contributed by atoms with van der Waals surface area (Å²) in [5.74, 6) is 0.926. The fraction of sp³-hybridized carbons (Fsp3) is 0.438. The SMILES string of the molecule is CC(C)C(NC(=O)c1ccc([N+](=O)[O-])cc1Cl)c1nc(C2CC2)no1. The molecule has 1 aliphatic carbocycles. The summed E-state index contributed by atoms with van der Waals surface area (Å²) in [5, 5.41) is 17.6. The van der Waals surface area contributed by atoms with Crippen LogP contribution in [0.3, 0.4) is 0 Å². The van der Waals surface area contributed by atoms with Crippen LogP contribution in [0.15, 0.2) is 22.7 Å². The Morgan fingerprint density at radius 2 is 2.16 bits per heavy atom. The second-order valence-electron chi connectivity index (χ2n) is 6.38. The summed E-state index contributed by atoms with van der Waals surface area (Å²) in [6, 6.07) is 3.25. The van der Waals surface area contributed by atoms with Gasteiger partial charge in [-0.1, -0.05) is 30.6 Å². The number of non-ortho nitro benzene ring substituents is 1. The van der Waals surface area contributed by atoms with Gasteiger partial charge in [-0.25, -0.2) is 0 Å². The van der Waals surface area contributed by atoms with Gasteiger partial charge in [0.15, 0.2) is 5.82 Å². The van der Waals surface area contributed by atoms with E-state index in [0.717, 1.165) is 18.9 Å². The van der Waals surface area contributed by atoms with Crippen molar-refractivity contribution < 1.29 is 14.2 Å². The van der Waals surface area contributed by atoms with Crippen LogP contribution in [0.1, 0.15) is 60.7 Å². The van der Waals surface area contributed by atoms with Gasteiger partial charge in [0, 0.05) is 18.1 Å². The number of rotatable bonds is 6. The molecule has 0 spiro atoms. The molecule has 9 heteroatoms. The van der Waals surface area contributed by atoms with Gasteiger partial charge in [0.2, 0.25) is 5.89 Å². The Hall–Kier alpha value is -2.48. The number of nitro groups is 1. The molecule has 25 heavy (non-hydrogen) atoms. The second kappa shape index (κ2) is 6.79. The van der Waals surface area contributed by atoms with E-state index in [9.17, 15) is 14.9 Å². The lowest BCUT2D eigenvalue weighted by Crippen LogP contribution is -2.32. The molecule has 3 rings (SSSR count). The van der Waals surface area contributed by atoms with Crippen molar-refractivity contribution >= 4 is 23.2 Å². The van der Waals surface area contributed by atoms with Gasteiger partial charge in [0.1, 0.15) is 6.04 Å². The van der Waals surface area contributed by atoms with Crippen LogP contribution in [-0.4, -0.2) is 21.0 Å². The molecular weight excluding hydrogens is 348 g/mol. The molecule has 1 amide bonds. The molecule has 1 N–H and O–H groups in total. The third-order valence-electron chi connectivity index (χ3n) is 4.03. The molecule has 0 radical (unpaired) electrons. The van der Waals surface area contributed by atoms with Crippen molar-refractivity contribution in [3.05, 3.63) is 50.6 Å². The zero-order valence-electron chi connectivity index (χ0n) is 13.7. The first-order chi connectivity index (χ1) is 11.9. The van der Waals surface area contributed by atoms with E-state index in [2.05, 4.69) is 15.5 Å². The molecule has 1 atom stereocenters. The first-order valence-electron chi connectivity index (χ1n) is 7.95. The Balaban J connectivity index is 1.79. The van der Waals surface area contributed by atoms with Crippen molar-refractivity contribution in [1.29, 1.82) is 0 Å². The highest BCUT2D eigenvalue weighted by molar-refractivity contribution is 6.34. The van der Waals surface area contributed by atoms with E-state index in [1.165, 1.54) is 12.1 Å². The molecule has 1 saturated carbocycles. The lowest BCUT2D eigenvalue weighted by atomic mass is 10.0. The Bertz CT molecular complexity index is 816. The maximum Gasteiger partial charge on any atom is 0.270 e. The molecule has 1 unspecified atom stereocenters. The van der Waals surface area contributed by atoms with E-state index in [4.69, 9.17) is 16.1 Å². The van der Waals surface area contributed by atoms with Gasteiger partial charge >= 0.3 is 0 Å². The van der Waals surface area contributed by atoms with Crippen molar-refractivity contribution in [2.45, 2.75) is 38.6 Å². The molecule has 0 aliphatic heterocycles. The fourth-order valence-corrected chi connectivity index (χ4v) is 2.68. The van der Waals surface area contributed by atoms with Crippen LogP contribution in [0.5, 0.6) is 0 Å². The summed E-state index contributed by atoms with van der Waals surface area (Å²) in [6.07, 6.45) is 2.10. The van der Waals surface area contributed by atoms with E-state index in [0.29, 0.717) is 17.6 Å².